The van der Waals surface area contributed by atoms with Gasteiger partial charge in [0.1, 0.15) is 5.82 Å². The first-order valence-electron chi connectivity index (χ1n) is 7.89. The van der Waals surface area contributed by atoms with Crippen LogP contribution in [0.25, 0.3) is 11.4 Å². The van der Waals surface area contributed by atoms with Gasteiger partial charge in [0.2, 0.25) is 17.6 Å². The average molecular weight is 367 g/mol. The Morgan fingerprint density at radius 3 is 2.72 bits per heavy atom. The number of sulfone groups is 1. The molecular formula is C16H18FN3O4S. The van der Waals surface area contributed by atoms with E-state index in [2.05, 4.69) is 10.1 Å². The predicted octanol–water partition coefficient (Wildman–Crippen LogP) is 1.45. The quantitative estimate of drug-likeness (QED) is 0.794. The third-order valence-corrected chi connectivity index (χ3v) is 6.02. The maximum atomic E-state index is 12.9. The molecule has 2 aromatic rings. The molecule has 1 aromatic heterocycles. The van der Waals surface area contributed by atoms with E-state index in [0.717, 1.165) is 0 Å². The zero-order chi connectivity index (χ0) is 18.0. The molecule has 25 heavy (non-hydrogen) atoms. The van der Waals surface area contributed by atoms with Crippen LogP contribution in [0.1, 0.15) is 18.7 Å². The molecule has 0 saturated carbocycles. The summed E-state index contributed by atoms with van der Waals surface area (Å²) in [7, 11) is -1.42. The number of nitrogens with zero attached hydrogens (tertiary/aromatic N) is 3. The topological polar surface area (TPSA) is 93.4 Å². The first kappa shape index (κ1) is 17.5. The molecule has 3 rings (SSSR count). The monoisotopic (exact) mass is 367 g/mol. The summed E-state index contributed by atoms with van der Waals surface area (Å²) in [6.45, 7) is 0. The predicted molar refractivity (Wildman–Crippen MR) is 87.8 cm³/mol. The summed E-state index contributed by atoms with van der Waals surface area (Å²) in [4.78, 5) is 17.9. The molecule has 1 amide bonds. The fourth-order valence-electron chi connectivity index (χ4n) is 2.75. The van der Waals surface area contributed by atoms with E-state index in [9.17, 15) is 17.6 Å². The van der Waals surface area contributed by atoms with Crippen molar-refractivity contribution in [2.24, 2.45) is 0 Å². The molecule has 1 aliphatic heterocycles. The number of hydrogen-bond acceptors (Lipinski definition) is 6. The van der Waals surface area contributed by atoms with Crippen LogP contribution in [-0.2, 0) is 21.1 Å². The fourth-order valence-corrected chi connectivity index (χ4v) is 4.52. The van der Waals surface area contributed by atoms with Crippen molar-refractivity contribution in [2.75, 3.05) is 18.6 Å². The van der Waals surface area contributed by atoms with Gasteiger partial charge in [-0.1, -0.05) is 5.16 Å². The first-order chi connectivity index (χ1) is 11.8. The zero-order valence-corrected chi connectivity index (χ0v) is 14.5. The van der Waals surface area contributed by atoms with Gasteiger partial charge in [0.25, 0.3) is 0 Å². The summed E-state index contributed by atoms with van der Waals surface area (Å²) in [5, 5.41) is 3.82. The number of hydrogen-bond donors (Lipinski definition) is 0. The third-order valence-electron chi connectivity index (χ3n) is 4.27. The number of carbonyl (C=O) groups is 1. The Balaban J connectivity index is 1.57. The summed E-state index contributed by atoms with van der Waals surface area (Å²) in [5.41, 5.74) is 0.621. The second-order valence-electron chi connectivity index (χ2n) is 6.08. The van der Waals surface area contributed by atoms with Crippen LogP contribution >= 0.6 is 0 Å². The van der Waals surface area contributed by atoms with Crippen LogP contribution in [0.2, 0.25) is 0 Å². The van der Waals surface area contributed by atoms with E-state index in [-0.39, 0.29) is 42.1 Å². The number of amides is 1. The van der Waals surface area contributed by atoms with Crippen LogP contribution in [0.15, 0.2) is 28.8 Å². The van der Waals surface area contributed by atoms with Crippen LogP contribution in [0.5, 0.6) is 0 Å². The van der Waals surface area contributed by atoms with Crippen molar-refractivity contribution >= 4 is 15.7 Å². The van der Waals surface area contributed by atoms with Crippen molar-refractivity contribution < 1.29 is 22.1 Å². The van der Waals surface area contributed by atoms with Crippen molar-refractivity contribution in [1.29, 1.82) is 0 Å². The lowest BCUT2D eigenvalue weighted by Gasteiger charge is -2.23. The lowest BCUT2D eigenvalue weighted by atomic mass is 10.2. The highest BCUT2D eigenvalue weighted by Crippen LogP contribution is 2.19. The maximum absolute atomic E-state index is 12.9. The summed E-state index contributed by atoms with van der Waals surface area (Å²) < 4.78 is 41.1. The van der Waals surface area contributed by atoms with Gasteiger partial charge in [-0.05, 0) is 30.7 Å². The lowest BCUT2D eigenvalue weighted by molar-refractivity contribution is -0.131. The molecule has 2 heterocycles. The molecule has 0 spiro atoms. The second-order valence-corrected chi connectivity index (χ2v) is 8.31. The van der Waals surface area contributed by atoms with Gasteiger partial charge < -0.3 is 9.42 Å². The summed E-state index contributed by atoms with van der Waals surface area (Å²) in [6, 6.07) is 5.43. The Morgan fingerprint density at radius 1 is 1.36 bits per heavy atom. The largest absolute Gasteiger partial charge is 0.342 e. The Hall–Kier alpha value is -2.29. The minimum absolute atomic E-state index is 0.0184. The number of rotatable bonds is 5. The maximum Gasteiger partial charge on any atom is 0.227 e. The zero-order valence-electron chi connectivity index (χ0n) is 13.7. The van der Waals surface area contributed by atoms with Crippen molar-refractivity contribution in [3.63, 3.8) is 0 Å². The summed E-state index contributed by atoms with van der Waals surface area (Å²) >= 11 is 0. The molecule has 1 fully saturated rings. The van der Waals surface area contributed by atoms with Crippen LogP contribution in [0.4, 0.5) is 4.39 Å². The van der Waals surface area contributed by atoms with Crippen molar-refractivity contribution in [2.45, 2.75) is 25.3 Å². The molecule has 134 valence electrons. The fraction of sp³-hybridized carbons (Fsp3) is 0.438. The molecule has 0 aliphatic carbocycles. The number of carbonyl (C=O) groups excluding carboxylic acids is 1. The molecule has 1 aliphatic rings. The minimum atomic E-state index is -3.03. The minimum Gasteiger partial charge on any atom is -0.342 e. The number of aryl methyl sites for hydroxylation is 1. The third kappa shape index (κ3) is 4.22. The Kier molecular flexibility index (Phi) is 4.85. The second kappa shape index (κ2) is 6.91. The van der Waals surface area contributed by atoms with Gasteiger partial charge in [-0.15, -0.1) is 0 Å². The molecular weight excluding hydrogens is 349 g/mol. The smallest absolute Gasteiger partial charge is 0.227 e. The van der Waals surface area contributed by atoms with Crippen LogP contribution < -0.4 is 0 Å². The van der Waals surface area contributed by atoms with Gasteiger partial charge in [0.15, 0.2) is 9.84 Å². The Labute approximate surface area is 144 Å². The van der Waals surface area contributed by atoms with Crippen molar-refractivity contribution in [1.82, 2.24) is 15.0 Å². The Morgan fingerprint density at radius 2 is 2.08 bits per heavy atom. The van der Waals surface area contributed by atoms with E-state index in [1.807, 2.05) is 0 Å². The van der Waals surface area contributed by atoms with Crippen LogP contribution in [-0.4, -0.2) is 54.0 Å². The van der Waals surface area contributed by atoms with Gasteiger partial charge >= 0.3 is 0 Å². The lowest BCUT2D eigenvalue weighted by Crippen LogP contribution is -2.37. The highest BCUT2D eigenvalue weighted by molar-refractivity contribution is 7.91. The Bertz CT molecular complexity index is 864. The highest BCUT2D eigenvalue weighted by Gasteiger charge is 2.32. The highest BCUT2D eigenvalue weighted by atomic mass is 32.2. The SMILES string of the molecule is CN(C(=O)CCc1nc(-c2ccc(F)cc2)no1)[C@@H]1CCS(=O)(=O)C1. The molecule has 9 heteroatoms. The van der Waals surface area contributed by atoms with Gasteiger partial charge in [-0.25, -0.2) is 12.8 Å². The number of halogens is 1. The molecule has 1 atom stereocenters. The molecule has 0 bridgehead atoms. The summed E-state index contributed by atoms with van der Waals surface area (Å²) in [6.07, 6.45) is 0.884. The standard InChI is InChI=1S/C16H18FN3O4S/c1-20(13-8-9-25(22,23)10-13)15(21)7-6-14-18-16(19-24-14)11-2-4-12(17)5-3-11/h2-5,13H,6-10H2,1H3/t13-/m1/s1. The van der Waals surface area contributed by atoms with E-state index in [0.29, 0.717) is 23.7 Å². The van der Waals surface area contributed by atoms with Gasteiger partial charge in [-0.3, -0.25) is 4.79 Å². The summed E-state index contributed by atoms with van der Waals surface area (Å²) in [5.74, 6) is 0.265. The normalized spacial score (nSPS) is 19.0. The molecule has 0 N–H and O–H groups in total. The van der Waals surface area contributed by atoms with E-state index >= 15 is 0 Å². The molecule has 0 unspecified atom stereocenters. The van der Waals surface area contributed by atoms with Gasteiger partial charge in [0.05, 0.1) is 11.5 Å². The molecule has 7 nitrogen and oxygen atoms in total. The van der Waals surface area contributed by atoms with E-state index in [1.54, 1.807) is 19.2 Å². The molecule has 1 aromatic carbocycles. The van der Waals surface area contributed by atoms with E-state index < -0.39 is 9.84 Å². The van der Waals surface area contributed by atoms with Crippen molar-refractivity contribution in [3.8, 4) is 11.4 Å². The average Bonchev–Trinajstić information content (AvgIpc) is 3.19. The molecule has 1 saturated heterocycles. The number of benzene rings is 1. The molecule has 0 radical (unpaired) electrons. The van der Waals surface area contributed by atoms with E-state index in [1.165, 1.54) is 17.0 Å². The van der Waals surface area contributed by atoms with Gasteiger partial charge in [0, 0.05) is 31.5 Å². The van der Waals surface area contributed by atoms with Crippen molar-refractivity contribution in [3.05, 3.63) is 36.0 Å². The number of aromatic nitrogens is 2. The van der Waals surface area contributed by atoms with Crippen LogP contribution in [0, 0.1) is 5.82 Å². The van der Waals surface area contributed by atoms with E-state index in [4.69, 9.17) is 4.52 Å². The first-order valence-corrected chi connectivity index (χ1v) is 9.71. The van der Waals surface area contributed by atoms with Crippen LogP contribution in [0.3, 0.4) is 0 Å². The van der Waals surface area contributed by atoms with Gasteiger partial charge in [-0.2, -0.15) is 4.98 Å².